The molecule has 0 saturated carbocycles. The average molecular weight is 419 g/mol. The van der Waals surface area contributed by atoms with Crippen LogP contribution in [0.15, 0.2) is 29.6 Å². The van der Waals surface area contributed by atoms with Crippen LogP contribution in [0.25, 0.3) is 0 Å². The van der Waals surface area contributed by atoms with Crippen LogP contribution in [-0.2, 0) is 12.1 Å². The summed E-state index contributed by atoms with van der Waals surface area (Å²) in [7, 11) is 1.61. The third-order valence-electron chi connectivity index (χ3n) is 5.50. The predicted molar refractivity (Wildman–Crippen MR) is 115 cm³/mol. The van der Waals surface area contributed by atoms with Crippen molar-refractivity contribution in [1.29, 1.82) is 0 Å². The third kappa shape index (κ3) is 5.26. The molecule has 0 unspecified atom stereocenters. The number of carbonyl (C=O) groups is 1. The highest BCUT2D eigenvalue weighted by Crippen LogP contribution is 2.34. The molecule has 3 rings (SSSR count). The minimum Gasteiger partial charge on any atom is -0.497 e. The van der Waals surface area contributed by atoms with Gasteiger partial charge in [0, 0.05) is 24.2 Å². The summed E-state index contributed by atoms with van der Waals surface area (Å²) in [5.74, 6) is 0.745. The van der Waals surface area contributed by atoms with Gasteiger partial charge in [-0.15, -0.1) is 11.3 Å². The van der Waals surface area contributed by atoms with E-state index >= 15 is 0 Å². The van der Waals surface area contributed by atoms with Gasteiger partial charge in [0.1, 0.15) is 16.4 Å². The van der Waals surface area contributed by atoms with Crippen LogP contribution in [0.1, 0.15) is 37.4 Å². The van der Waals surface area contributed by atoms with E-state index in [0.29, 0.717) is 25.9 Å². The maximum atomic E-state index is 12.5. The summed E-state index contributed by atoms with van der Waals surface area (Å²) in [5, 5.41) is 17.0. The van der Waals surface area contributed by atoms with Crippen molar-refractivity contribution >= 4 is 23.1 Å². The number of thiazole rings is 1. The molecule has 1 aliphatic rings. The topological polar surface area (TPSA) is 77.9 Å². The fraction of sp³-hybridized carbons (Fsp3) is 0.524. The Morgan fingerprint density at radius 1 is 1.28 bits per heavy atom. The zero-order valence-electron chi connectivity index (χ0n) is 17.4. The van der Waals surface area contributed by atoms with Gasteiger partial charge in [-0.3, -0.25) is 4.90 Å². The molecule has 0 bridgehead atoms. The van der Waals surface area contributed by atoms with Gasteiger partial charge in [-0.1, -0.05) is 13.8 Å². The number of carbonyl (C=O) groups excluding carboxylic acids is 1. The minimum atomic E-state index is -0.963. The number of aliphatic hydroxyl groups is 1. The van der Waals surface area contributed by atoms with Crippen molar-refractivity contribution in [2.24, 2.45) is 0 Å². The Labute approximate surface area is 176 Å². The van der Waals surface area contributed by atoms with Crippen LogP contribution >= 0.6 is 11.3 Å². The quantitative estimate of drug-likeness (QED) is 0.719. The number of nitrogens with one attached hydrogen (secondary N) is 1. The predicted octanol–water partition coefficient (Wildman–Crippen LogP) is 3.51. The molecule has 2 N–H and O–H groups in total. The largest absolute Gasteiger partial charge is 0.497 e. The number of piperidine rings is 1. The van der Waals surface area contributed by atoms with Crippen molar-refractivity contribution < 1.29 is 14.6 Å². The number of rotatable bonds is 7. The Morgan fingerprint density at radius 3 is 2.52 bits per heavy atom. The zero-order valence-corrected chi connectivity index (χ0v) is 18.2. The number of ether oxygens (including phenoxy) is 1. The molecule has 158 valence electrons. The van der Waals surface area contributed by atoms with Gasteiger partial charge in [0.15, 0.2) is 0 Å². The standard InChI is InChI=1S/C21H30N4O3S/c1-4-24(5-2)14-19-23-18(15-29-19)21(27)10-12-25(13-11-21)20(26)22-16-6-8-17(28-3)9-7-16/h6-9,15,27H,4-5,10-14H2,1-3H3,(H,22,26). The number of amides is 2. The first kappa shape index (κ1) is 21.5. The van der Waals surface area contributed by atoms with E-state index in [1.54, 1.807) is 23.3 Å². The van der Waals surface area contributed by atoms with Crippen molar-refractivity contribution in [2.75, 3.05) is 38.6 Å². The number of benzene rings is 1. The van der Waals surface area contributed by atoms with E-state index in [1.807, 2.05) is 29.6 Å². The number of hydrogen-bond donors (Lipinski definition) is 2. The lowest BCUT2D eigenvalue weighted by molar-refractivity contribution is -0.0189. The molecular formula is C21H30N4O3S. The fourth-order valence-corrected chi connectivity index (χ4v) is 4.38. The van der Waals surface area contributed by atoms with Crippen molar-refractivity contribution in [1.82, 2.24) is 14.8 Å². The van der Waals surface area contributed by atoms with Crippen molar-refractivity contribution in [3.63, 3.8) is 0 Å². The van der Waals surface area contributed by atoms with Gasteiger partial charge in [-0.25, -0.2) is 9.78 Å². The van der Waals surface area contributed by atoms with Gasteiger partial charge in [0.2, 0.25) is 0 Å². The molecule has 0 atom stereocenters. The summed E-state index contributed by atoms with van der Waals surface area (Å²) in [6.07, 6.45) is 0.967. The van der Waals surface area contributed by atoms with E-state index in [4.69, 9.17) is 9.72 Å². The van der Waals surface area contributed by atoms with E-state index in [9.17, 15) is 9.90 Å². The molecule has 2 aromatic rings. The average Bonchev–Trinajstić information content (AvgIpc) is 3.22. The molecule has 1 fully saturated rings. The van der Waals surface area contributed by atoms with Crippen LogP contribution in [0, 0.1) is 0 Å². The highest BCUT2D eigenvalue weighted by Gasteiger charge is 2.37. The Morgan fingerprint density at radius 2 is 1.93 bits per heavy atom. The van der Waals surface area contributed by atoms with Crippen LogP contribution < -0.4 is 10.1 Å². The van der Waals surface area contributed by atoms with E-state index in [-0.39, 0.29) is 6.03 Å². The maximum Gasteiger partial charge on any atom is 0.321 e. The molecule has 0 aliphatic carbocycles. The number of methoxy groups -OCH3 is 1. The molecule has 7 nitrogen and oxygen atoms in total. The fourth-order valence-electron chi connectivity index (χ4n) is 3.45. The van der Waals surface area contributed by atoms with Crippen molar-refractivity contribution in [2.45, 2.75) is 38.8 Å². The number of hydrogen-bond acceptors (Lipinski definition) is 6. The van der Waals surface area contributed by atoms with Crippen LogP contribution in [0.4, 0.5) is 10.5 Å². The number of urea groups is 1. The Bertz CT molecular complexity index is 797. The maximum absolute atomic E-state index is 12.5. The van der Waals surface area contributed by atoms with Crippen LogP contribution in [0.5, 0.6) is 5.75 Å². The number of anilines is 1. The van der Waals surface area contributed by atoms with E-state index in [0.717, 1.165) is 41.8 Å². The molecule has 1 aromatic heterocycles. The highest BCUT2D eigenvalue weighted by atomic mass is 32.1. The Hall–Kier alpha value is -2.16. The highest BCUT2D eigenvalue weighted by molar-refractivity contribution is 7.09. The molecule has 1 saturated heterocycles. The lowest BCUT2D eigenvalue weighted by Crippen LogP contribution is -2.46. The number of likely N-dealkylation sites (tertiary alicyclic amines) is 1. The summed E-state index contributed by atoms with van der Waals surface area (Å²) in [5.41, 5.74) is 0.492. The van der Waals surface area contributed by atoms with Gasteiger partial charge >= 0.3 is 6.03 Å². The van der Waals surface area contributed by atoms with E-state index in [2.05, 4.69) is 24.1 Å². The first-order valence-electron chi connectivity index (χ1n) is 10.1. The number of nitrogens with zero attached hydrogens (tertiary/aromatic N) is 3. The smallest absolute Gasteiger partial charge is 0.321 e. The van der Waals surface area contributed by atoms with E-state index in [1.165, 1.54) is 0 Å². The summed E-state index contributed by atoms with van der Waals surface area (Å²) in [6, 6.07) is 7.08. The Balaban J connectivity index is 1.56. The van der Waals surface area contributed by atoms with Gasteiger partial charge in [0.05, 0.1) is 19.3 Å². The van der Waals surface area contributed by atoms with Gasteiger partial charge in [-0.05, 0) is 50.2 Å². The monoisotopic (exact) mass is 418 g/mol. The normalized spacial score (nSPS) is 16.1. The van der Waals surface area contributed by atoms with Crippen LogP contribution in [0.3, 0.4) is 0 Å². The summed E-state index contributed by atoms with van der Waals surface area (Å²) < 4.78 is 5.13. The second-order valence-corrected chi connectivity index (χ2v) is 8.21. The number of aromatic nitrogens is 1. The van der Waals surface area contributed by atoms with Crippen LogP contribution in [0.2, 0.25) is 0 Å². The molecule has 29 heavy (non-hydrogen) atoms. The van der Waals surface area contributed by atoms with E-state index < -0.39 is 5.60 Å². The second-order valence-electron chi connectivity index (χ2n) is 7.27. The summed E-state index contributed by atoms with van der Waals surface area (Å²) in [6.45, 7) is 8.02. The first-order valence-corrected chi connectivity index (χ1v) is 10.9. The second kappa shape index (κ2) is 9.56. The van der Waals surface area contributed by atoms with Crippen molar-refractivity contribution in [3.8, 4) is 5.75 Å². The zero-order chi connectivity index (χ0) is 20.9. The summed E-state index contributed by atoms with van der Waals surface area (Å²) in [4.78, 5) is 21.3. The minimum absolute atomic E-state index is 0.155. The van der Waals surface area contributed by atoms with Gasteiger partial charge in [0.25, 0.3) is 0 Å². The molecule has 0 radical (unpaired) electrons. The molecule has 0 spiro atoms. The molecular weight excluding hydrogens is 388 g/mol. The molecule has 2 heterocycles. The lowest BCUT2D eigenvalue weighted by atomic mass is 9.89. The Kier molecular flexibility index (Phi) is 7.10. The molecule has 1 aliphatic heterocycles. The summed E-state index contributed by atoms with van der Waals surface area (Å²) >= 11 is 1.60. The third-order valence-corrected chi connectivity index (χ3v) is 6.33. The SMILES string of the molecule is CCN(CC)Cc1nc(C2(O)CCN(C(=O)Nc3ccc(OC)cc3)CC2)cs1. The first-order chi connectivity index (χ1) is 14.0. The van der Waals surface area contributed by atoms with Crippen LogP contribution in [-0.4, -0.2) is 59.2 Å². The molecule has 8 heteroatoms. The van der Waals surface area contributed by atoms with Gasteiger partial charge in [-0.2, -0.15) is 0 Å². The lowest BCUT2D eigenvalue weighted by Gasteiger charge is -2.37. The van der Waals surface area contributed by atoms with Gasteiger partial charge < -0.3 is 20.1 Å². The van der Waals surface area contributed by atoms with Crippen molar-refractivity contribution in [3.05, 3.63) is 40.3 Å². The molecule has 2 amide bonds. The molecule has 1 aromatic carbocycles.